The number of amides is 1. The average molecular weight is 292 g/mol. The molecule has 0 unspecified atom stereocenters. The number of anilines is 2. The topological polar surface area (TPSA) is 58.4 Å². The van der Waals surface area contributed by atoms with Gasteiger partial charge in [-0.2, -0.15) is 0 Å². The van der Waals surface area contributed by atoms with Gasteiger partial charge in [0.1, 0.15) is 0 Å². The summed E-state index contributed by atoms with van der Waals surface area (Å²) in [4.78, 5) is 13.5. The molecule has 3 N–H and O–H groups in total. The molecule has 18 heavy (non-hydrogen) atoms. The highest BCUT2D eigenvalue weighted by atomic mass is 35.5. The van der Waals surface area contributed by atoms with Gasteiger partial charge in [0, 0.05) is 30.9 Å². The van der Waals surface area contributed by atoms with Gasteiger partial charge in [-0.1, -0.05) is 0 Å². The molecule has 2 rings (SSSR count). The number of nitrogen functional groups attached to an aromatic ring is 1. The van der Waals surface area contributed by atoms with Crippen molar-refractivity contribution >= 4 is 42.1 Å². The summed E-state index contributed by atoms with van der Waals surface area (Å²) >= 11 is 0. The van der Waals surface area contributed by atoms with E-state index in [0.717, 1.165) is 36.4 Å². The molecule has 102 valence electrons. The second kappa shape index (κ2) is 7.46. The fourth-order valence-electron chi connectivity index (χ4n) is 2.10. The highest BCUT2D eigenvalue weighted by Gasteiger charge is 2.23. The van der Waals surface area contributed by atoms with Gasteiger partial charge in [0.15, 0.2) is 0 Å². The van der Waals surface area contributed by atoms with Crippen LogP contribution >= 0.6 is 24.8 Å². The molecule has 1 amide bonds. The summed E-state index contributed by atoms with van der Waals surface area (Å²) in [7, 11) is 1.89. The third kappa shape index (κ3) is 3.51. The van der Waals surface area contributed by atoms with E-state index in [-0.39, 0.29) is 30.7 Å². The number of carbonyl (C=O) groups is 1. The maximum absolute atomic E-state index is 11.7. The second-order valence-electron chi connectivity index (χ2n) is 4.07. The summed E-state index contributed by atoms with van der Waals surface area (Å²) in [6.07, 6.45) is 1.60. The maximum atomic E-state index is 11.7. The van der Waals surface area contributed by atoms with E-state index in [1.54, 1.807) is 0 Å². The third-order valence-corrected chi connectivity index (χ3v) is 2.83. The predicted molar refractivity (Wildman–Crippen MR) is 79.7 cm³/mol. The Morgan fingerprint density at radius 3 is 2.67 bits per heavy atom. The minimum atomic E-state index is 0. The number of hydrogen-bond donors (Lipinski definition) is 2. The van der Waals surface area contributed by atoms with Crippen molar-refractivity contribution in [1.82, 2.24) is 5.32 Å². The summed E-state index contributed by atoms with van der Waals surface area (Å²) in [6.45, 7) is 1.55. The molecule has 6 heteroatoms. The highest BCUT2D eigenvalue weighted by molar-refractivity contribution is 5.96. The molecule has 1 aromatic carbocycles. The number of hydrogen-bond acceptors (Lipinski definition) is 3. The van der Waals surface area contributed by atoms with Crippen LogP contribution in [-0.2, 0) is 11.3 Å². The summed E-state index contributed by atoms with van der Waals surface area (Å²) in [6, 6.07) is 5.71. The van der Waals surface area contributed by atoms with E-state index >= 15 is 0 Å². The fourth-order valence-corrected chi connectivity index (χ4v) is 2.10. The Morgan fingerprint density at radius 2 is 2.11 bits per heavy atom. The SMILES string of the molecule is CNCc1cc(N)ccc1N1CCCC1=O.Cl.Cl. The number of nitrogens with two attached hydrogens (primary N) is 1. The van der Waals surface area contributed by atoms with E-state index in [4.69, 9.17) is 5.73 Å². The molecule has 1 heterocycles. The van der Waals surface area contributed by atoms with E-state index in [9.17, 15) is 4.79 Å². The van der Waals surface area contributed by atoms with Crippen molar-refractivity contribution < 1.29 is 4.79 Å². The average Bonchev–Trinajstić information content (AvgIpc) is 2.65. The van der Waals surface area contributed by atoms with Crippen molar-refractivity contribution in [3.8, 4) is 0 Å². The van der Waals surface area contributed by atoms with E-state index in [1.807, 2.05) is 30.1 Å². The van der Waals surface area contributed by atoms with Crippen LogP contribution in [0.2, 0.25) is 0 Å². The molecule has 0 spiro atoms. The van der Waals surface area contributed by atoms with Gasteiger partial charge in [-0.3, -0.25) is 4.79 Å². The van der Waals surface area contributed by atoms with Gasteiger partial charge in [-0.25, -0.2) is 0 Å². The van der Waals surface area contributed by atoms with E-state index in [0.29, 0.717) is 6.42 Å². The van der Waals surface area contributed by atoms with Crippen LogP contribution < -0.4 is 16.0 Å². The first-order valence-corrected chi connectivity index (χ1v) is 5.55. The zero-order chi connectivity index (χ0) is 11.5. The molecule has 0 aromatic heterocycles. The number of rotatable bonds is 3. The van der Waals surface area contributed by atoms with Crippen molar-refractivity contribution in [3.05, 3.63) is 23.8 Å². The Hall–Kier alpha value is -0.970. The first kappa shape index (κ1) is 17.0. The molecule has 1 aliphatic heterocycles. The number of nitrogens with one attached hydrogen (secondary N) is 1. The summed E-state index contributed by atoms with van der Waals surface area (Å²) in [5.41, 5.74) is 8.57. The zero-order valence-corrected chi connectivity index (χ0v) is 11.9. The van der Waals surface area contributed by atoms with Gasteiger partial charge in [-0.05, 0) is 37.2 Å². The van der Waals surface area contributed by atoms with Gasteiger partial charge in [0.05, 0.1) is 0 Å². The smallest absolute Gasteiger partial charge is 0.227 e. The quantitative estimate of drug-likeness (QED) is 0.837. The van der Waals surface area contributed by atoms with Gasteiger partial charge in [0.2, 0.25) is 5.91 Å². The number of halogens is 2. The standard InChI is InChI=1S/C12H17N3O.2ClH/c1-14-8-9-7-10(13)4-5-11(9)15-6-2-3-12(15)16;;/h4-5,7,14H,2-3,6,8,13H2,1H3;2*1H. The monoisotopic (exact) mass is 291 g/mol. The lowest BCUT2D eigenvalue weighted by Crippen LogP contribution is -2.25. The normalized spacial score (nSPS) is 14.1. The molecule has 0 atom stereocenters. The van der Waals surface area contributed by atoms with Gasteiger partial charge < -0.3 is 16.0 Å². The van der Waals surface area contributed by atoms with E-state index in [1.165, 1.54) is 0 Å². The molecule has 1 saturated heterocycles. The van der Waals surface area contributed by atoms with Crippen LogP contribution in [-0.4, -0.2) is 19.5 Å². The largest absolute Gasteiger partial charge is 0.399 e. The first-order chi connectivity index (χ1) is 7.72. The molecule has 0 aliphatic carbocycles. The van der Waals surface area contributed by atoms with Gasteiger partial charge >= 0.3 is 0 Å². The van der Waals surface area contributed by atoms with Crippen LogP contribution in [0.15, 0.2) is 18.2 Å². The summed E-state index contributed by atoms with van der Waals surface area (Å²) < 4.78 is 0. The van der Waals surface area contributed by atoms with Crippen molar-refractivity contribution in [3.63, 3.8) is 0 Å². The molecular formula is C12H19Cl2N3O. The Morgan fingerprint density at radius 1 is 1.39 bits per heavy atom. The predicted octanol–water partition coefficient (Wildman–Crippen LogP) is 1.96. The Balaban J connectivity index is 0.00000144. The fraction of sp³-hybridized carbons (Fsp3) is 0.417. The van der Waals surface area contributed by atoms with Gasteiger partial charge in [-0.15, -0.1) is 24.8 Å². The lowest BCUT2D eigenvalue weighted by atomic mass is 10.1. The van der Waals surface area contributed by atoms with E-state index < -0.39 is 0 Å². The molecule has 0 radical (unpaired) electrons. The minimum absolute atomic E-state index is 0. The van der Waals surface area contributed by atoms with Crippen molar-refractivity contribution in [2.24, 2.45) is 0 Å². The number of nitrogens with zero attached hydrogens (tertiary/aromatic N) is 1. The van der Waals surface area contributed by atoms with Crippen LogP contribution in [0.3, 0.4) is 0 Å². The van der Waals surface area contributed by atoms with E-state index in [2.05, 4.69) is 5.32 Å². The second-order valence-corrected chi connectivity index (χ2v) is 4.07. The molecule has 0 bridgehead atoms. The van der Waals surface area contributed by atoms with Crippen LogP contribution in [0.4, 0.5) is 11.4 Å². The maximum Gasteiger partial charge on any atom is 0.227 e. The van der Waals surface area contributed by atoms with Crippen LogP contribution in [0.25, 0.3) is 0 Å². The lowest BCUT2D eigenvalue weighted by Gasteiger charge is -2.20. The molecule has 1 fully saturated rings. The molecule has 4 nitrogen and oxygen atoms in total. The molecule has 0 saturated carbocycles. The van der Waals surface area contributed by atoms with Crippen LogP contribution in [0.1, 0.15) is 18.4 Å². The lowest BCUT2D eigenvalue weighted by molar-refractivity contribution is -0.117. The summed E-state index contributed by atoms with van der Waals surface area (Å²) in [5.74, 6) is 0.210. The van der Waals surface area contributed by atoms with Crippen molar-refractivity contribution in [2.45, 2.75) is 19.4 Å². The Bertz CT molecular complexity index is 412. The molecule has 1 aromatic rings. The Kier molecular flexibility index (Phi) is 7.06. The molecule has 1 aliphatic rings. The van der Waals surface area contributed by atoms with Crippen LogP contribution in [0, 0.1) is 0 Å². The zero-order valence-electron chi connectivity index (χ0n) is 10.3. The minimum Gasteiger partial charge on any atom is -0.399 e. The van der Waals surface area contributed by atoms with Gasteiger partial charge in [0.25, 0.3) is 0 Å². The van der Waals surface area contributed by atoms with Crippen molar-refractivity contribution in [2.75, 3.05) is 24.2 Å². The first-order valence-electron chi connectivity index (χ1n) is 5.55. The van der Waals surface area contributed by atoms with Crippen molar-refractivity contribution in [1.29, 1.82) is 0 Å². The Labute approximate surface area is 120 Å². The highest BCUT2D eigenvalue weighted by Crippen LogP contribution is 2.27. The third-order valence-electron chi connectivity index (χ3n) is 2.83. The molecular weight excluding hydrogens is 273 g/mol. The number of benzene rings is 1. The number of carbonyl (C=O) groups excluding carboxylic acids is 1. The summed E-state index contributed by atoms with van der Waals surface area (Å²) in [5, 5.41) is 3.10. The van der Waals surface area contributed by atoms with Crippen LogP contribution in [0.5, 0.6) is 0 Å².